The Hall–Kier alpha value is -1.74. The van der Waals surface area contributed by atoms with E-state index in [9.17, 15) is 10.1 Å². The second kappa shape index (κ2) is 4.63. The van der Waals surface area contributed by atoms with Crippen molar-refractivity contribution in [2.24, 2.45) is 7.05 Å². The van der Waals surface area contributed by atoms with Gasteiger partial charge in [0.05, 0.1) is 4.92 Å². The lowest BCUT2D eigenvalue weighted by Gasteiger charge is -2.00. The lowest BCUT2D eigenvalue weighted by atomic mass is 10.6. The molecule has 0 saturated heterocycles. The first-order valence-electron chi connectivity index (χ1n) is 4.26. The van der Waals surface area contributed by atoms with E-state index in [0.29, 0.717) is 5.16 Å². The molecule has 0 aromatic carbocycles. The lowest BCUT2D eigenvalue weighted by Crippen LogP contribution is -1.97. The van der Waals surface area contributed by atoms with Gasteiger partial charge in [0.25, 0.3) is 0 Å². The van der Waals surface area contributed by atoms with Gasteiger partial charge in [-0.3, -0.25) is 10.1 Å². The third kappa shape index (κ3) is 2.50. The summed E-state index contributed by atoms with van der Waals surface area (Å²) in [5.74, 6) is 0. The lowest BCUT2D eigenvalue weighted by molar-refractivity contribution is -0.388. The number of halogens is 1. The van der Waals surface area contributed by atoms with E-state index in [-0.39, 0.29) is 16.0 Å². The van der Waals surface area contributed by atoms with Crippen LogP contribution in [-0.2, 0) is 7.05 Å². The first kappa shape index (κ1) is 11.7. The van der Waals surface area contributed by atoms with Crippen LogP contribution in [-0.4, -0.2) is 29.7 Å². The number of hydrogen-bond acceptors (Lipinski definition) is 7. The van der Waals surface area contributed by atoms with E-state index in [1.54, 1.807) is 11.6 Å². The van der Waals surface area contributed by atoms with Crippen molar-refractivity contribution in [3.8, 4) is 0 Å². The number of aryl methyl sites for hydroxylation is 1. The molecule has 0 radical (unpaired) electrons. The maximum absolute atomic E-state index is 10.8. The van der Waals surface area contributed by atoms with Crippen LogP contribution in [0.15, 0.2) is 22.7 Å². The predicted molar refractivity (Wildman–Crippen MR) is 58.8 cm³/mol. The van der Waals surface area contributed by atoms with Crippen molar-refractivity contribution in [2.45, 2.75) is 10.2 Å². The van der Waals surface area contributed by atoms with Crippen molar-refractivity contribution in [1.29, 1.82) is 0 Å². The van der Waals surface area contributed by atoms with Gasteiger partial charge in [-0.15, -0.1) is 10.2 Å². The van der Waals surface area contributed by atoms with Gasteiger partial charge in [0.1, 0.15) is 12.5 Å². The van der Waals surface area contributed by atoms with Gasteiger partial charge in [-0.1, -0.05) is 0 Å². The molecular weight excluding hydrogens is 268 g/mol. The van der Waals surface area contributed by atoms with Crippen molar-refractivity contribution < 1.29 is 4.92 Å². The summed E-state index contributed by atoms with van der Waals surface area (Å²) in [6, 6.07) is 0. The standard InChI is InChI=1S/C7H5ClN6O2S/c1-13-3-10-12-7(13)17-5-4(14(15)16)2-9-6(8)11-5/h2-3H,1H3. The fourth-order valence-electron chi connectivity index (χ4n) is 0.991. The maximum Gasteiger partial charge on any atom is 0.320 e. The molecule has 2 rings (SSSR count). The largest absolute Gasteiger partial charge is 0.320 e. The molecule has 88 valence electrons. The van der Waals surface area contributed by atoms with Crippen LogP contribution in [0.3, 0.4) is 0 Å². The fraction of sp³-hybridized carbons (Fsp3) is 0.143. The molecule has 0 aliphatic carbocycles. The van der Waals surface area contributed by atoms with Crippen molar-refractivity contribution in [1.82, 2.24) is 24.7 Å². The molecule has 0 aliphatic heterocycles. The van der Waals surface area contributed by atoms with Gasteiger partial charge < -0.3 is 4.57 Å². The third-order valence-electron chi connectivity index (χ3n) is 1.76. The molecule has 2 aromatic rings. The highest BCUT2D eigenvalue weighted by atomic mass is 35.5. The Morgan fingerprint density at radius 3 is 2.94 bits per heavy atom. The highest BCUT2D eigenvalue weighted by Crippen LogP contribution is 2.31. The van der Waals surface area contributed by atoms with Gasteiger partial charge >= 0.3 is 5.69 Å². The van der Waals surface area contributed by atoms with Crippen LogP contribution < -0.4 is 0 Å². The minimum atomic E-state index is -0.574. The molecule has 17 heavy (non-hydrogen) atoms. The number of hydrogen-bond donors (Lipinski definition) is 0. The molecule has 10 heteroatoms. The summed E-state index contributed by atoms with van der Waals surface area (Å²) in [7, 11) is 1.72. The quantitative estimate of drug-likeness (QED) is 0.359. The van der Waals surface area contributed by atoms with Gasteiger partial charge in [0.2, 0.25) is 5.28 Å². The van der Waals surface area contributed by atoms with Crippen LogP contribution in [0.25, 0.3) is 0 Å². The Bertz CT molecular complexity index is 573. The Morgan fingerprint density at radius 1 is 1.59 bits per heavy atom. The summed E-state index contributed by atoms with van der Waals surface area (Å²) in [6.45, 7) is 0. The van der Waals surface area contributed by atoms with Gasteiger partial charge in [-0.25, -0.2) is 9.97 Å². The normalized spacial score (nSPS) is 10.5. The molecule has 0 atom stereocenters. The molecule has 0 spiro atoms. The third-order valence-corrected chi connectivity index (χ3v) is 2.99. The second-order valence-corrected chi connectivity index (χ2v) is 4.21. The van der Waals surface area contributed by atoms with Crippen molar-refractivity contribution in [3.05, 3.63) is 27.9 Å². The predicted octanol–water partition coefficient (Wildman–Crippen LogP) is 1.32. The zero-order valence-corrected chi connectivity index (χ0v) is 10.0. The van der Waals surface area contributed by atoms with E-state index in [1.807, 2.05) is 0 Å². The van der Waals surface area contributed by atoms with Crippen LogP contribution in [0.4, 0.5) is 5.69 Å². The van der Waals surface area contributed by atoms with Gasteiger partial charge in [0, 0.05) is 7.05 Å². The van der Waals surface area contributed by atoms with E-state index in [2.05, 4.69) is 20.2 Å². The van der Waals surface area contributed by atoms with Gasteiger partial charge in [-0.2, -0.15) is 0 Å². The van der Waals surface area contributed by atoms with Crippen LogP contribution in [0.1, 0.15) is 0 Å². The minimum absolute atomic E-state index is 0.0553. The topological polar surface area (TPSA) is 99.6 Å². The summed E-state index contributed by atoms with van der Waals surface area (Å²) in [5.41, 5.74) is -0.220. The monoisotopic (exact) mass is 272 g/mol. The Kier molecular flexibility index (Phi) is 3.20. The summed E-state index contributed by atoms with van der Waals surface area (Å²) in [6.07, 6.45) is 2.55. The van der Waals surface area contributed by atoms with Crippen LogP contribution in [0.5, 0.6) is 0 Å². The molecule has 2 heterocycles. The van der Waals surface area contributed by atoms with Crippen LogP contribution >= 0.6 is 23.4 Å². The molecule has 0 aliphatic rings. The van der Waals surface area contributed by atoms with Crippen molar-refractivity contribution in [2.75, 3.05) is 0 Å². The SMILES string of the molecule is Cn1cnnc1Sc1nc(Cl)ncc1[N+](=O)[O-]. The highest BCUT2D eigenvalue weighted by Gasteiger charge is 2.19. The molecule has 0 unspecified atom stereocenters. The smallest absolute Gasteiger partial charge is 0.311 e. The number of nitrogens with zero attached hydrogens (tertiary/aromatic N) is 6. The summed E-state index contributed by atoms with van der Waals surface area (Å²) < 4.78 is 1.62. The molecule has 0 bridgehead atoms. The number of nitro groups is 1. The van der Waals surface area contributed by atoms with Crippen molar-refractivity contribution >= 4 is 29.1 Å². The fourth-order valence-corrected chi connectivity index (χ4v) is 1.99. The zero-order valence-electron chi connectivity index (χ0n) is 8.44. The van der Waals surface area contributed by atoms with Gasteiger partial charge in [0.15, 0.2) is 10.2 Å². The van der Waals surface area contributed by atoms with E-state index >= 15 is 0 Å². The average Bonchev–Trinajstić information content (AvgIpc) is 2.64. The Labute approximate surface area is 104 Å². The summed E-state index contributed by atoms with van der Waals surface area (Å²) in [5, 5.41) is 18.8. The van der Waals surface area contributed by atoms with Crippen LogP contribution in [0, 0.1) is 10.1 Å². The van der Waals surface area contributed by atoms with E-state index in [4.69, 9.17) is 11.6 Å². The molecule has 0 fully saturated rings. The average molecular weight is 273 g/mol. The molecule has 2 aromatic heterocycles. The van der Waals surface area contributed by atoms with E-state index < -0.39 is 4.92 Å². The van der Waals surface area contributed by atoms with E-state index in [1.165, 1.54) is 6.33 Å². The van der Waals surface area contributed by atoms with Crippen LogP contribution in [0.2, 0.25) is 5.28 Å². The minimum Gasteiger partial charge on any atom is -0.311 e. The Balaban J connectivity index is 2.41. The number of aromatic nitrogens is 5. The summed E-state index contributed by atoms with van der Waals surface area (Å²) >= 11 is 6.60. The summed E-state index contributed by atoms with van der Waals surface area (Å²) in [4.78, 5) is 17.6. The molecule has 8 nitrogen and oxygen atoms in total. The second-order valence-electron chi connectivity index (χ2n) is 2.91. The molecule has 0 saturated carbocycles. The van der Waals surface area contributed by atoms with Gasteiger partial charge in [-0.05, 0) is 23.4 Å². The molecule has 0 amide bonds. The molecule has 0 N–H and O–H groups in total. The van der Waals surface area contributed by atoms with Crippen molar-refractivity contribution in [3.63, 3.8) is 0 Å². The maximum atomic E-state index is 10.8. The molecular formula is C7H5ClN6O2S. The first-order chi connectivity index (χ1) is 8.08. The first-order valence-corrected chi connectivity index (χ1v) is 5.46. The number of rotatable bonds is 3. The highest BCUT2D eigenvalue weighted by molar-refractivity contribution is 7.99. The Morgan fingerprint density at radius 2 is 2.35 bits per heavy atom. The van der Waals surface area contributed by atoms with E-state index in [0.717, 1.165) is 18.0 Å². The zero-order chi connectivity index (χ0) is 12.4.